The van der Waals surface area contributed by atoms with Gasteiger partial charge in [-0.05, 0) is 24.1 Å². The molecular formula is C20H21NO3. The Morgan fingerprint density at radius 1 is 1.12 bits per heavy atom. The fourth-order valence-corrected chi connectivity index (χ4v) is 2.76. The lowest BCUT2D eigenvalue weighted by Crippen LogP contribution is -2.19. The highest BCUT2D eigenvalue weighted by atomic mass is 16.5. The molecule has 124 valence electrons. The smallest absolute Gasteiger partial charge is 0.418 e. The van der Waals surface area contributed by atoms with Gasteiger partial charge in [0.1, 0.15) is 6.10 Å². The third kappa shape index (κ3) is 3.19. The molecule has 0 aliphatic heterocycles. The third-order valence-electron chi connectivity index (χ3n) is 4.04. The first-order valence-corrected chi connectivity index (χ1v) is 8.23. The molecule has 0 fully saturated rings. The van der Waals surface area contributed by atoms with Crippen molar-refractivity contribution in [3.8, 4) is 0 Å². The number of unbranched alkanes of at least 4 members (excludes halogenated alkanes) is 1. The van der Waals surface area contributed by atoms with Crippen LogP contribution in [-0.2, 0) is 4.74 Å². The molecule has 4 heteroatoms. The van der Waals surface area contributed by atoms with Crippen molar-refractivity contribution in [1.82, 2.24) is 4.57 Å². The SMILES string of the molecule is CCCCOC(=O)n1c(C(O)c2ccccc2)cc2ccccc21. The van der Waals surface area contributed by atoms with E-state index in [-0.39, 0.29) is 0 Å². The van der Waals surface area contributed by atoms with Gasteiger partial charge in [0, 0.05) is 5.39 Å². The Labute approximate surface area is 141 Å². The Hall–Kier alpha value is -2.59. The van der Waals surface area contributed by atoms with Crippen molar-refractivity contribution in [2.75, 3.05) is 6.61 Å². The standard InChI is InChI=1S/C20H21NO3/c1-2-3-13-24-20(23)21-17-12-8-7-11-16(17)14-18(21)19(22)15-9-5-4-6-10-15/h4-12,14,19,22H,2-3,13H2,1H3. The molecule has 2 aromatic carbocycles. The van der Waals surface area contributed by atoms with Crippen molar-refractivity contribution < 1.29 is 14.6 Å². The monoisotopic (exact) mass is 323 g/mol. The summed E-state index contributed by atoms with van der Waals surface area (Å²) in [7, 11) is 0. The second kappa shape index (κ2) is 7.32. The number of carbonyl (C=O) groups is 1. The van der Waals surface area contributed by atoms with Gasteiger partial charge in [0.15, 0.2) is 0 Å². The number of hydrogen-bond acceptors (Lipinski definition) is 3. The number of aliphatic hydroxyl groups is 1. The van der Waals surface area contributed by atoms with Crippen LogP contribution in [0.25, 0.3) is 10.9 Å². The summed E-state index contributed by atoms with van der Waals surface area (Å²) in [6.07, 6.45) is 0.438. The number of para-hydroxylation sites is 1. The number of aromatic nitrogens is 1. The molecule has 1 unspecified atom stereocenters. The highest BCUT2D eigenvalue weighted by Gasteiger charge is 2.22. The van der Waals surface area contributed by atoms with Crippen LogP contribution in [0.2, 0.25) is 0 Å². The number of rotatable bonds is 5. The first kappa shape index (κ1) is 16.3. The van der Waals surface area contributed by atoms with Crippen LogP contribution >= 0.6 is 0 Å². The molecule has 0 saturated heterocycles. The Bertz CT molecular complexity index is 823. The van der Waals surface area contributed by atoms with Crippen LogP contribution in [0.3, 0.4) is 0 Å². The first-order chi connectivity index (χ1) is 11.7. The van der Waals surface area contributed by atoms with E-state index in [2.05, 4.69) is 0 Å². The molecular weight excluding hydrogens is 302 g/mol. The summed E-state index contributed by atoms with van der Waals surface area (Å²) in [6, 6.07) is 18.7. The molecule has 1 atom stereocenters. The Morgan fingerprint density at radius 3 is 2.58 bits per heavy atom. The zero-order valence-corrected chi connectivity index (χ0v) is 13.7. The van der Waals surface area contributed by atoms with E-state index in [1.807, 2.05) is 67.6 Å². The Kier molecular flexibility index (Phi) is 4.96. The molecule has 3 aromatic rings. The van der Waals surface area contributed by atoms with Gasteiger partial charge in [0.25, 0.3) is 0 Å². The molecule has 24 heavy (non-hydrogen) atoms. The molecule has 1 aromatic heterocycles. The van der Waals surface area contributed by atoms with Crippen LogP contribution in [0, 0.1) is 0 Å². The highest BCUT2D eigenvalue weighted by molar-refractivity contribution is 5.91. The van der Waals surface area contributed by atoms with Crippen LogP contribution in [0.15, 0.2) is 60.7 Å². The van der Waals surface area contributed by atoms with E-state index in [1.165, 1.54) is 4.57 Å². The van der Waals surface area contributed by atoms with Gasteiger partial charge < -0.3 is 9.84 Å². The van der Waals surface area contributed by atoms with E-state index < -0.39 is 12.2 Å². The van der Waals surface area contributed by atoms with Gasteiger partial charge >= 0.3 is 6.09 Å². The van der Waals surface area contributed by atoms with E-state index in [1.54, 1.807) is 0 Å². The van der Waals surface area contributed by atoms with E-state index in [4.69, 9.17) is 4.74 Å². The van der Waals surface area contributed by atoms with Crippen LogP contribution in [0.5, 0.6) is 0 Å². The summed E-state index contributed by atoms with van der Waals surface area (Å²) in [5.74, 6) is 0. The number of hydrogen-bond donors (Lipinski definition) is 1. The topological polar surface area (TPSA) is 51.5 Å². The average molecular weight is 323 g/mol. The van der Waals surface area contributed by atoms with Gasteiger partial charge in [0.2, 0.25) is 0 Å². The number of nitrogens with zero attached hydrogens (tertiary/aromatic N) is 1. The molecule has 4 nitrogen and oxygen atoms in total. The summed E-state index contributed by atoms with van der Waals surface area (Å²) in [5, 5.41) is 11.7. The van der Waals surface area contributed by atoms with Crippen molar-refractivity contribution in [3.63, 3.8) is 0 Å². The quantitative estimate of drug-likeness (QED) is 0.703. The predicted octanol–water partition coefficient (Wildman–Crippen LogP) is 4.51. The molecule has 0 spiro atoms. The maximum Gasteiger partial charge on any atom is 0.418 e. The molecule has 3 rings (SSSR count). The summed E-state index contributed by atoms with van der Waals surface area (Å²) in [4.78, 5) is 12.6. The first-order valence-electron chi connectivity index (χ1n) is 8.23. The van der Waals surface area contributed by atoms with Crippen LogP contribution in [0.1, 0.15) is 37.1 Å². The highest BCUT2D eigenvalue weighted by Crippen LogP contribution is 2.28. The number of ether oxygens (including phenoxy) is 1. The third-order valence-corrected chi connectivity index (χ3v) is 4.04. The Balaban J connectivity index is 2.03. The van der Waals surface area contributed by atoms with Gasteiger partial charge in [-0.3, -0.25) is 0 Å². The van der Waals surface area contributed by atoms with Crippen molar-refractivity contribution in [2.45, 2.75) is 25.9 Å². The molecule has 0 bridgehead atoms. The largest absolute Gasteiger partial charge is 0.449 e. The van der Waals surface area contributed by atoms with Crippen molar-refractivity contribution >= 4 is 17.0 Å². The van der Waals surface area contributed by atoms with E-state index in [0.717, 1.165) is 29.3 Å². The van der Waals surface area contributed by atoms with Crippen LogP contribution in [-0.4, -0.2) is 22.4 Å². The maximum absolute atomic E-state index is 12.6. The maximum atomic E-state index is 12.6. The minimum absolute atomic E-state index is 0.378. The zero-order chi connectivity index (χ0) is 16.9. The lowest BCUT2D eigenvalue weighted by atomic mass is 10.1. The summed E-state index contributed by atoms with van der Waals surface area (Å²) >= 11 is 0. The molecule has 0 amide bonds. The zero-order valence-electron chi connectivity index (χ0n) is 13.7. The number of carbonyl (C=O) groups excluding carboxylic acids is 1. The molecule has 0 aliphatic carbocycles. The summed E-state index contributed by atoms with van der Waals surface area (Å²) < 4.78 is 6.85. The van der Waals surface area contributed by atoms with Crippen molar-refractivity contribution in [3.05, 3.63) is 71.9 Å². The van der Waals surface area contributed by atoms with Gasteiger partial charge in [-0.1, -0.05) is 61.9 Å². The molecule has 0 saturated carbocycles. The van der Waals surface area contributed by atoms with Crippen molar-refractivity contribution in [1.29, 1.82) is 0 Å². The minimum Gasteiger partial charge on any atom is -0.449 e. The summed E-state index contributed by atoms with van der Waals surface area (Å²) in [5.41, 5.74) is 2.00. The molecule has 0 radical (unpaired) electrons. The number of fused-ring (bicyclic) bond motifs is 1. The van der Waals surface area contributed by atoms with Gasteiger partial charge in [0.05, 0.1) is 17.8 Å². The number of benzene rings is 2. The fourth-order valence-electron chi connectivity index (χ4n) is 2.76. The summed E-state index contributed by atoms with van der Waals surface area (Å²) in [6.45, 7) is 2.42. The molecule has 1 heterocycles. The van der Waals surface area contributed by atoms with Crippen LogP contribution in [0.4, 0.5) is 4.79 Å². The minimum atomic E-state index is -0.891. The second-order valence-corrected chi connectivity index (χ2v) is 5.74. The fraction of sp³-hybridized carbons (Fsp3) is 0.250. The van der Waals surface area contributed by atoms with E-state index in [9.17, 15) is 9.90 Å². The van der Waals surface area contributed by atoms with E-state index in [0.29, 0.717) is 12.3 Å². The van der Waals surface area contributed by atoms with Gasteiger partial charge in [-0.2, -0.15) is 0 Å². The second-order valence-electron chi connectivity index (χ2n) is 5.74. The number of aliphatic hydroxyl groups excluding tert-OH is 1. The molecule has 0 aliphatic rings. The van der Waals surface area contributed by atoms with E-state index >= 15 is 0 Å². The average Bonchev–Trinajstić information content (AvgIpc) is 3.01. The lowest BCUT2D eigenvalue weighted by molar-refractivity contribution is 0.142. The lowest BCUT2D eigenvalue weighted by Gasteiger charge is -2.15. The predicted molar refractivity (Wildman–Crippen MR) is 94.1 cm³/mol. The van der Waals surface area contributed by atoms with Crippen LogP contribution < -0.4 is 0 Å². The van der Waals surface area contributed by atoms with Crippen molar-refractivity contribution in [2.24, 2.45) is 0 Å². The normalized spacial score (nSPS) is 12.2. The Morgan fingerprint density at radius 2 is 1.83 bits per heavy atom. The van der Waals surface area contributed by atoms with Gasteiger partial charge in [-0.25, -0.2) is 9.36 Å². The molecule has 1 N–H and O–H groups in total. The van der Waals surface area contributed by atoms with Gasteiger partial charge in [-0.15, -0.1) is 0 Å².